The minimum atomic E-state index is -1.30. The van der Waals surface area contributed by atoms with Gasteiger partial charge in [-0.05, 0) is 74.7 Å². The van der Waals surface area contributed by atoms with Crippen molar-refractivity contribution in [1.29, 1.82) is 0 Å². The fourth-order valence-electron chi connectivity index (χ4n) is 6.49. The van der Waals surface area contributed by atoms with Gasteiger partial charge in [0, 0.05) is 12.3 Å². The molecule has 0 spiro atoms. The molecule has 4 heteroatoms. The van der Waals surface area contributed by atoms with Crippen LogP contribution in [0.4, 0.5) is 4.39 Å². The number of carbonyl (C=O) groups excluding carboxylic acids is 2. The van der Waals surface area contributed by atoms with E-state index < -0.39 is 6.17 Å². The van der Waals surface area contributed by atoms with Gasteiger partial charge < -0.3 is 4.74 Å². The number of carbonyl (C=O) groups is 2. The quantitative estimate of drug-likeness (QED) is 0.681. The normalized spacial score (nSPS) is 47.3. The maximum atomic E-state index is 14.0. The first kappa shape index (κ1) is 16.3. The van der Waals surface area contributed by atoms with Crippen LogP contribution in [0.1, 0.15) is 58.8 Å². The number of ether oxygens (including phenoxy) is 1. The maximum absolute atomic E-state index is 14.0. The number of ketones is 1. The molecule has 4 rings (SSSR count). The zero-order chi connectivity index (χ0) is 17.1. The first-order valence-corrected chi connectivity index (χ1v) is 9.45. The summed E-state index contributed by atoms with van der Waals surface area (Å²) < 4.78 is 19.7. The Morgan fingerprint density at radius 1 is 1.25 bits per heavy atom. The number of fused-ring (bicyclic) bond motifs is 5. The van der Waals surface area contributed by atoms with Gasteiger partial charge in [-0.1, -0.05) is 12.5 Å². The van der Waals surface area contributed by atoms with E-state index >= 15 is 0 Å². The number of hydrogen-bond donors (Lipinski definition) is 0. The first-order valence-electron chi connectivity index (χ1n) is 9.45. The van der Waals surface area contributed by atoms with Gasteiger partial charge in [-0.2, -0.15) is 0 Å². The highest BCUT2D eigenvalue weighted by Gasteiger charge is 2.57. The van der Waals surface area contributed by atoms with Crippen LogP contribution in [0.3, 0.4) is 0 Å². The Hall–Kier alpha value is -1.19. The monoisotopic (exact) mass is 334 g/mol. The third kappa shape index (κ3) is 2.36. The van der Waals surface area contributed by atoms with E-state index in [4.69, 9.17) is 4.74 Å². The molecule has 3 saturated carbocycles. The zero-order valence-electron chi connectivity index (χ0n) is 14.6. The Kier molecular flexibility index (Phi) is 3.85. The summed E-state index contributed by atoms with van der Waals surface area (Å²) in [4.78, 5) is 23.1. The van der Waals surface area contributed by atoms with Crippen LogP contribution in [-0.2, 0) is 14.3 Å². The summed E-state index contributed by atoms with van der Waals surface area (Å²) in [5.74, 6) is 1.42. The third-order valence-corrected chi connectivity index (χ3v) is 7.57. The molecule has 0 heterocycles. The smallest absolute Gasteiger partial charge is 0.302 e. The fraction of sp³-hybridized carbons (Fsp3) is 0.800. The van der Waals surface area contributed by atoms with Crippen molar-refractivity contribution in [3.63, 3.8) is 0 Å². The van der Waals surface area contributed by atoms with Gasteiger partial charge in [0.15, 0.2) is 12.0 Å². The van der Waals surface area contributed by atoms with Gasteiger partial charge in [-0.3, -0.25) is 9.59 Å². The SMILES string of the molecule is CC(=O)OC1CCC2C3CCC4=CC(=O)C(F)CC4C3CCC12C. The summed E-state index contributed by atoms with van der Waals surface area (Å²) in [5.41, 5.74) is 1.28. The molecular formula is C20H27FO3. The van der Waals surface area contributed by atoms with Crippen LogP contribution >= 0.6 is 0 Å². The average Bonchev–Trinajstić information content (AvgIpc) is 2.85. The molecule has 0 radical (unpaired) electrons. The molecule has 7 unspecified atom stereocenters. The molecule has 0 bridgehead atoms. The van der Waals surface area contributed by atoms with Gasteiger partial charge in [0.1, 0.15) is 6.10 Å². The van der Waals surface area contributed by atoms with Crippen molar-refractivity contribution in [2.75, 3.05) is 0 Å². The fourth-order valence-corrected chi connectivity index (χ4v) is 6.49. The van der Waals surface area contributed by atoms with E-state index in [9.17, 15) is 14.0 Å². The summed E-state index contributed by atoms with van der Waals surface area (Å²) in [7, 11) is 0. The topological polar surface area (TPSA) is 43.4 Å². The summed E-state index contributed by atoms with van der Waals surface area (Å²) in [6.07, 6.45) is 6.97. The van der Waals surface area contributed by atoms with Gasteiger partial charge >= 0.3 is 5.97 Å². The lowest BCUT2D eigenvalue weighted by Gasteiger charge is -2.53. The molecule has 0 aromatic rings. The Bertz CT molecular complexity index is 598. The Labute approximate surface area is 143 Å². The van der Waals surface area contributed by atoms with E-state index in [1.165, 1.54) is 12.5 Å². The van der Waals surface area contributed by atoms with Crippen molar-refractivity contribution in [1.82, 2.24) is 0 Å². The average molecular weight is 334 g/mol. The second kappa shape index (κ2) is 5.67. The van der Waals surface area contributed by atoms with E-state index in [1.54, 1.807) is 6.08 Å². The van der Waals surface area contributed by atoms with Gasteiger partial charge in [0.2, 0.25) is 0 Å². The Morgan fingerprint density at radius 3 is 2.79 bits per heavy atom. The zero-order valence-corrected chi connectivity index (χ0v) is 14.6. The van der Waals surface area contributed by atoms with Crippen LogP contribution < -0.4 is 0 Å². The minimum absolute atomic E-state index is 0.0414. The number of alkyl halides is 1. The van der Waals surface area contributed by atoms with E-state index in [1.807, 2.05) is 0 Å². The largest absolute Gasteiger partial charge is 0.462 e. The predicted molar refractivity (Wildman–Crippen MR) is 87.9 cm³/mol. The van der Waals surface area contributed by atoms with Crippen molar-refractivity contribution < 1.29 is 18.7 Å². The number of allylic oxidation sites excluding steroid dienone is 1. The van der Waals surface area contributed by atoms with Crippen molar-refractivity contribution >= 4 is 11.8 Å². The van der Waals surface area contributed by atoms with Crippen LogP contribution in [0.2, 0.25) is 0 Å². The highest BCUT2D eigenvalue weighted by molar-refractivity contribution is 5.95. The van der Waals surface area contributed by atoms with Gasteiger partial charge in [0.25, 0.3) is 0 Å². The van der Waals surface area contributed by atoms with Crippen LogP contribution in [0, 0.1) is 29.1 Å². The lowest BCUT2D eigenvalue weighted by atomic mass is 9.52. The summed E-state index contributed by atoms with van der Waals surface area (Å²) in [6, 6.07) is 0. The molecule has 24 heavy (non-hydrogen) atoms. The van der Waals surface area contributed by atoms with Crippen molar-refractivity contribution in [3.8, 4) is 0 Å². The van der Waals surface area contributed by atoms with Crippen molar-refractivity contribution in [3.05, 3.63) is 11.6 Å². The molecule has 7 atom stereocenters. The molecule has 0 aromatic heterocycles. The first-order chi connectivity index (χ1) is 11.4. The number of esters is 1. The van der Waals surface area contributed by atoms with Gasteiger partial charge in [-0.15, -0.1) is 0 Å². The van der Waals surface area contributed by atoms with E-state index in [0.717, 1.165) is 38.5 Å². The molecule has 0 amide bonds. The van der Waals surface area contributed by atoms with Crippen molar-refractivity contribution in [2.24, 2.45) is 29.1 Å². The molecule has 132 valence electrons. The predicted octanol–water partition coefficient (Wildman–Crippen LogP) is 4.01. The van der Waals surface area contributed by atoms with E-state index in [0.29, 0.717) is 24.2 Å². The second-order valence-corrected chi connectivity index (χ2v) is 8.62. The molecule has 0 aromatic carbocycles. The lowest BCUT2D eigenvalue weighted by Crippen LogP contribution is -2.49. The molecule has 3 nitrogen and oxygen atoms in total. The van der Waals surface area contributed by atoms with Crippen LogP contribution in [0.25, 0.3) is 0 Å². The summed E-state index contributed by atoms with van der Waals surface area (Å²) in [5, 5.41) is 0. The van der Waals surface area contributed by atoms with Crippen LogP contribution in [0.15, 0.2) is 11.6 Å². The Balaban J connectivity index is 1.58. The van der Waals surface area contributed by atoms with E-state index in [2.05, 4.69) is 6.92 Å². The van der Waals surface area contributed by atoms with Gasteiger partial charge in [0.05, 0.1) is 0 Å². The molecule has 4 aliphatic carbocycles. The molecule has 0 N–H and O–H groups in total. The number of rotatable bonds is 1. The minimum Gasteiger partial charge on any atom is -0.462 e. The number of halogens is 1. The number of hydrogen-bond acceptors (Lipinski definition) is 3. The summed E-state index contributed by atoms with van der Waals surface area (Å²) in [6.45, 7) is 3.79. The summed E-state index contributed by atoms with van der Waals surface area (Å²) >= 11 is 0. The van der Waals surface area contributed by atoms with Crippen LogP contribution in [-0.4, -0.2) is 24.0 Å². The van der Waals surface area contributed by atoms with Crippen molar-refractivity contribution in [2.45, 2.75) is 71.1 Å². The van der Waals surface area contributed by atoms with Crippen LogP contribution in [0.5, 0.6) is 0 Å². The Morgan fingerprint density at radius 2 is 2.04 bits per heavy atom. The van der Waals surface area contributed by atoms with Gasteiger partial charge in [-0.25, -0.2) is 4.39 Å². The molecule has 0 saturated heterocycles. The highest BCUT2D eigenvalue weighted by Crippen LogP contribution is 2.62. The lowest BCUT2D eigenvalue weighted by molar-refractivity contribution is -0.156. The maximum Gasteiger partial charge on any atom is 0.302 e. The molecule has 3 fully saturated rings. The standard InChI is InChI=1S/C20H27FO3/c1-11(22)24-19-6-5-16-14-4-3-12-9-18(23)17(21)10-15(12)13(14)7-8-20(16,19)2/h9,13-17,19H,3-8,10H2,1-2H3. The second-order valence-electron chi connectivity index (χ2n) is 8.62. The molecule has 4 aliphatic rings. The molecular weight excluding hydrogens is 307 g/mol. The highest BCUT2D eigenvalue weighted by atomic mass is 19.1. The molecule has 0 aliphatic heterocycles. The third-order valence-electron chi connectivity index (χ3n) is 7.57. The van der Waals surface area contributed by atoms with E-state index in [-0.39, 0.29) is 29.2 Å².